The first-order valence-electron chi connectivity index (χ1n) is 7.10. The van der Waals surface area contributed by atoms with Gasteiger partial charge in [0, 0.05) is 32.2 Å². The number of aryl methyl sites for hydroxylation is 2. The zero-order valence-corrected chi connectivity index (χ0v) is 12.0. The van der Waals surface area contributed by atoms with E-state index in [-0.39, 0.29) is 12.2 Å². The zero-order valence-electron chi connectivity index (χ0n) is 12.0. The van der Waals surface area contributed by atoms with E-state index >= 15 is 0 Å². The summed E-state index contributed by atoms with van der Waals surface area (Å²) in [6.07, 6.45) is 0.988. The Balaban J connectivity index is 1.78. The minimum Gasteiger partial charge on any atom is -0.390 e. The van der Waals surface area contributed by atoms with Crippen LogP contribution < -0.4 is 5.56 Å². The molecule has 0 bridgehead atoms. The molecule has 0 aromatic carbocycles. The molecule has 1 aliphatic heterocycles. The number of rotatable bonds is 3. The molecule has 0 atom stereocenters. The van der Waals surface area contributed by atoms with Gasteiger partial charge in [0.2, 0.25) is 0 Å². The van der Waals surface area contributed by atoms with Crippen molar-refractivity contribution in [3.05, 3.63) is 45.4 Å². The maximum Gasteiger partial charge on any atom is 0.251 e. The van der Waals surface area contributed by atoms with Crippen LogP contribution in [0.2, 0.25) is 0 Å². The summed E-state index contributed by atoms with van der Waals surface area (Å²) in [5, 5.41) is 13.6. The summed E-state index contributed by atoms with van der Waals surface area (Å²) in [6.45, 7) is 4.94. The second-order valence-electron chi connectivity index (χ2n) is 5.39. The highest BCUT2D eigenvalue weighted by molar-refractivity contribution is 5.11. The minimum atomic E-state index is -0.111. The largest absolute Gasteiger partial charge is 0.390 e. The standard InChI is InChI=1S/C14H19N5O2/c1-10-15-11(6-14(21)16-10)7-18-3-2-4-19-13(8-18)5-12(9-20)17-19/h5-6,20H,2-4,7-9H2,1H3,(H,15,16,21). The smallest absolute Gasteiger partial charge is 0.251 e. The molecule has 2 aromatic heterocycles. The Morgan fingerprint density at radius 3 is 2.95 bits per heavy atom. The van der Waals surface area contributed by atoms with E-state index < -0.39 is 0 Å². The maximum atomic E-state index is 11.5. The van der Waals surface area contributed by atoms with Crippen molar-refractivity contribution in [1.82, 2.24) is 24.6 Å². The van der Waals surface area contributed by atoms with Crippen molar-refractivity contribution in [2.24, 2.45) is 0 Å². The van der Waals surface area contributed by atoms with Gasteiger partial charge in [-0.05, 0) is 19.4 Å². The average molecular weight is 289 g/mol. The van der Waals surface area contributed by atoms with Gasteiger partial charge < -0.3 is 10.1 Å². The highest BCUT2D eigenvalue weighted by atomic mass is 16.3. The summed E-state index contributed by atoms with van der Waals surface area (Å²) in [5.41, 5.74) is 2.47. The van der Waals surface area contributed by atoms with E-state index in [4.69, 9.17) is 0 Å². The van der Waals surface area contributed by atoms with E-state index in [1.54, 1.807) is 13.0 Å². The second-order valence-corrected chi connectivity index (χ2v) is 5.39. The molecular weight excluding hydrogens is 270 g/mol. The van der Waals surface area contributed by atoms with Crippen LogP contribution in [0, 0.1) is 6.92 Å². The summed E-state index contributed by atoms with van der Waals surface area (Å²) >= 11 is 0. The van der Waals surface area contributed by atoms with Crippen LogP contribution in [0.15, 0.2) is 16.9 Å². The lowest BCUT2D eigenvalue weighted by Gasteiger charge is -2.18. The molecule has 1 aliphatic rings. The van der Waals surface area contributed by atoms with Crippen molar-refractivity contribution in [2.75, 3.05) is 6.54 Å². The molecule has 2 aromatic rings. The predicted octanol–water partition coefficient (Wildman–Crippen LogP) is 0.173. The SMILES string of the molecule is Cc1nc(CN2CCCn3nc(CO)cc3C2)cc(=O)[nH]1. The molecule has 0 unspecified atom stereocenters. The monoisotopic (exact) mass is 289 g/mol. The molecule has 2 N–H and O–H groups in total. The summed E-state index contributed by atoms with van der Waals surface area (Å²) in [7, 11) is 0. The normalized spacial score (nSPS) is 15.7. The number of aliphatic hydroxyl groups excluding tert-OH is 1. The second kappa shape index (κ2) is 5.79. The molecule has 3 heterocycles. The number of hydrogen-bond acceptors (Lipinski definition) is 5. The van der Waals surface area contributed by atoms with Crippen molar-refractivity contribution in [1.29, 1.82) is 0 Å². The van der Waals surface area contributed by atoms with Gasteiger partial charge in [0.05, 0.1) is 23.7 Å². The van der Waals surface area contributed by atoms with Crippen LogP contribution in [0.4, 0.5) is 0 Å². The van der Waals surface area contributed by atoms with Gasteiger partial charge in [0.25, 0.3) is 5.56 Å². The Morgan fingerprint density at radius 2 is 2.19 bits per heavy atom. The lowest BCUT2D eigenvalue weighted by atomic mass is 10.3. The van der Waals surface area contributed by atoms with E-state index in [0.29, 0.717) is 18.1 Å². The quantitative estimate of drug-likeness (QED) is 0.841. The zero-order chi connectivity index (χ0) is 14.8. The maximum absolute atomic E-state index is 11.5. The summed E-state index contributed by atoms with van der Waals surface area (Å²) in [6, 6.07) is 3.49. The third kappa shape index (κ3) is 3.20. The van der Waals surface area contributed by atoms with Gasteiger partial charge in [-0.2, -0.15) is 5.10 Å². The van der Waals surface area contributed by atoms with E-state index in [2.05, 4.69) is 20.0 Å². The van der Waals surface area contributed by atoms with Crippen molar-refractivity contribution < 1.29 is 5.11 Å². The highest BCUT2D eigenvalue weighted by Gasteiger charge is 2.17. The number of aliphatic hydroxyl groups is 1. The fourth-order valence-electron chi connectivity index (χ4n) is 2.75. The number of nitrogens with zero attached hydrogens (tertiary/aromatic N) is 4. The predicted molar refractivity (Wildman–Crippen MR) is 76.5 cm³/mol. The molecule has 112 valence electrons. The van der Waals surface area contributed by atoms with Gasteiger partial charge in [0.1, 0.15) is 5.82 Å². The molecule has 0 saturated carbocycles. The Labute approximate surface area is 122 Å². The lowest BCUT2D eigenvalue weighted by Crippen LogP contribution is -2.24. The molecule has 0 radical (unpaired) electrons. The van der Waals surface area contributed by atoms with Crippen LogP contribution in [0.1, 0.15) is 29.3 Å². The van der Waals surface area contributed by atoms with E-state index in [0.717, 1.165) is 37.4 Å². The summed E-state index contributed by atoms with van der Waals surface area (Å²) < 4.78 is 1.96. The number of fused-ring (bicyclic) bond motifs is 1. The Morgan fingerprint density at radius 1 is 1.33 bits per heavy atom. The molecule has 0 saturated heterocycles. The number of H-pyrrole nitrogens is 1. The van der Waals surface area contributed by atoms with Gasteiger partial charge >= 0.3 is 0 Å². The van der Waals surface area contributed by atoms with Crippen LogP contribution in [0.3, 0.4) is 0 Å². The molecule has 21 heavy (non-hydrogen) atoms. The Hall–Kier alpha value is -1.99. The fraction of sp³-hybridized carbons (Fsp3) is 0.500. The van der Waals surface area contributed by atoms with Crippen LogP contribution in [0.25, 0.3) is 0 Å². The van der Waals surface area contributed by atoms with Gasteiger partial charge in [-0.3, -0.25) is 14.4 Å². The van der Waals surface area contributed by atoms with Crippen LogP contribution in [-0.2, 0) is 26.2 Å². The van der Waals surface area contributed by atoms with Gasteiger partial charge in [-0.1, -0.05) is 0 Å². The Bertz CT molecular complexity index is 691. The number of aromatic nitrogens is 4. The molecule has 0 aliphatic carbocycles. The average Bonchev–Trinajstić information content (AvgIpc) is 2.71. The first-order valence-corrected chi connectivity index (χ1v) is 7.10. The van der Waals surface area contributed by atoms with E-state index in [1.807, 2.05) is 10.7 Å². The molecule has 7 heteroatoms. The third-order valence-corrected chi connectivity index (χ3v) is 3.60. The van der Waals surface area contributed by atoms with Gasteiger partial charge in [-0.15, -0.1) is 0 Å². The van der Waals surface area contributed by atoms with Crippen molar-refractivity contribution in [3.63, 3.8) is 0 Å². The molecular formula is C14H19N5O2. The van der Waals surface area contributed by atoms with Crippen molar-refractivity contribution >= 4 is 0 Å². The molecule has 7 nitrogen and oxygen atoms in total. The lowest BCUT2D eigenvalue weighted by molar-refractivity contribution is 0.256. The first-order chi connectivity index (χ1) is 10.1. The van der Waals surface area contributed by atoms with E-state index in [1.165, 1.54) is 0 Å². The Kier molecular flexibility index (Phi) is 3.85. The van der Waals surface area contributed by atoms with Crippen LogP contribution in [-0.4, -0.2) is 36.3 Å². The van der Waals surface area contributed by atoms with Crippen LogP contribution >= 0.6 is 0 Å². The first kappa shape index (κ1) is 14.0. The number of nitrogens with one attached hydrogen (secondary N) is 1. The fourth-order valence-corrected chi connectivity index (χ4v) is 2.75. The molecule has 0 fully saturated rings. The van der Waals surface area contributed by atoms with Gasteiger partial charge in [0.15, 0.2) is 0 Å². The summed E-state index contributed by atoms with van der Waals surface area (Å²) in [5.74, 6) is 0.639. The van der Waals surface area contributed by atoms with Crippen molar-refractivity contribution in [2.45, 2.75) is 39.6 Å². The van der Waals surface area contributed by atoms with Gasteiger partial charge in [-0.25, -0.2) is 4.98 Å². The molecule has 3 rings (SSSR count). The minimum absolute atomic E-state index is 0.0329. The third-order valence-electron chi connectivity index (χ3n) is 3.60. The topological polar surface area (TPSA) is 87.0 Å². The van der Waals surface area contributed by atoms with E-state index in [9.17, 15) is 9.90 Å². The van der Waals surface area contributed by atoms with Crippen molar-refractivity contribution in [3.8, 4) is 0 Å². The highest BCUT2D eigenvalue weighted by Crippen LogP contribution is 2.15. The molecule has 0 spiro atoms. The summed E-state index contributed by atoms with van der Waals surface area (Å²) in [4.78, 5) is 20.8. The number of hydrogen-bond donors (Lipinski definition) is 2. The number of aromatic amines is 1. The molecule has 0 amide bonds. The van der Waals surface area contributed by atoms with Crippen LogP contribution in [0.5, 0.6) is 0 Å².